The summed E-state index contributed by atoms with van der Waals surface area (Å²) in [4.78, 5) is 13.6. The number of hydrogen-bond donors (Lipinski definition) is 1. The lowest BCUT2D eigenvalue weighted by Crippen LogP contribution is -2.31. The van der Waals surface area contributed by atoms with Crippen LogP contribution >= 0.6 is 23.4 Å². The Kier molecular flexibility index (Phi) is 7.40. The van der Waals surface area contributed by atoms with Crippen LogP contribution < -0.4 is 14.4 Å². The van der Waals surface area contributed by atoms with Crippen LogP contribution in [-0.2, 0) is 21.2 Å². The Bertz CT molecular complexity index is 1300. The number of sulfonamides is 1. The number of nitrogens with zero attached hydrogens (tertiary/aromatic N) is 1. The summed E-state index contributed by atoms with van der Waals surface area (Å²) in [6.07, 6.45) is 2.68. The van der Waals surface area contributed by atoms with Gasteiger partial charge in [0.25, 0.3) is 15.9 Å². The van der Waals surface area contributed by atoms with Crippen molar-refractivity contribution in [3.8, 4) is 5.75 Å². The van der Waals surface area contributed by atoms with E-state index in [0.29, 0.717) is 18.7 Å². The van der Waals surface area contributed by atoms with Crippen LogP contribution in [0.15, 0.2) is 76.5 Å². The first kappa shape index (κ1) is 24.4. The van der Waals surface area contributed by atoms with Gasteiger partial charge in [0, 0.05) is 11.4 Å². The Morgan fingerprint density at radius 3 is 2.59 bits per heavy atom. The fourth-order valence-electron chi connectivity index (χ4n) is 3.85. The van der Waals surface area contributed by atoms with E-state index in [1.165, 1.54) is 22.5 Å². The number of benzene rings is 3. The van der Waals surface area contributed by atoms with Gasteiger partial charge in [0.2, 0.25) is 0 Å². The summed E-state index contributed by atoms with van der Waals surface area (Å²) in [7, 11) is -3.76. The van der Waals surface area contributed by atoms with Crippen molar-refractivity contribution in [1.29, 1.82) is 0 Å². The molecule has 0 aromatic heterocycles. The maximum atomic E-state index is 13.2. The second kappa shape index (κ2) is 10.3. The van der Waals surface area contributed by atoms with E-state index in [4.69, 9.17) is 16.3 Å². The van der Waals surface area contributed by atoms with Crippen molar-refractivity contribution in [1.82, 2.24) is 5.32 Å². The number of para-hydroxylation sites is 1. The third-order valence-electron chi connectivity index (χ3n) is 5.69. The minimum absolute atomic E-state index is 0.0771. The van der Waals surface area contributed by atoms with Gasteiger partial charge in [-0.05, 0) is 67.1 Å². The van der Waals surface area contributed by atoms with E-state index in [1.807, 2.05) is 55.6 Å². The normalized spacial score (nSPS) is 13.9. The van der Waals surface area contributed by atoms with E-state index in [-0.39, 0.29) is 34.2 Å². The average molecular weight is 517 g/mol. The van der Waals surface area contributed by atoms with Crippen LogP contribution in [0, 0.1) is 0 Å². The zero-order chi connectivity index (χ0) is 24.3. The molecular weight excluding hydrogens is 492 g/mol. The first-order chi connectivity index (χ1) is 16.3. The number of carbonyl (C=O) groups is 1. The number of rotatable bonds is 8. The van der Waals surface area contributed by atoms with Crippen LogP contribution in [0.25, 0.3) is 0 Å². The van der Waals surface area contributed by atoms with Gasteiger partial charge in [0.1, 0.15) is 5.75 Å². The highest BCUT2D eigenvalue weighted by Gasteiger charge is 2.31. The Morgan fingerprint density at radius 2 is 1.88 bits per heavy atom. The molecule has 34 heavy (non-hydrogen) atoms. The molecule has 1 N–H and O–H groups in total. The molecule has 9 heteroatoms. The SMILES string of the molecule is CSc1ccc([C@H](C)NC(=O)COc2ccc(S(=O)(=O)N3CCc4ccccc43)cc2Cl)cc1. The largest absolute Gasteiger partial charge is 0.482 e. The van der Waals surface area contributed by atoms with Crippen LogP contribution in [0.5, 0.6) is 5.75 Å². The van der Waals surface area contributed by atoms with E-state index in [0.717, 1.165) is 16.0 Å². The number of amides is 1. The van der Waals surface area contributed by atoms with Gasteiger partial charge in [-0.2, -0.15) is 0 Å². The fourth-order valence-corrected chi connectivity index (χ4v) is 6.08. The van der Waals surface area contributed by atoms with Crippen molar-refractivity contribution in [3.63, 3.8) is 0 Å². The zero-order valence-corrected chi connectivity index (χ0v) is 21.2. The van der Waals surface area contributed by atoms with Crippen LogP contribution in [0.3, 0.4) is 0 Å². The van der Waals surface area contributed by atoms with Crippen molar-refractivity contribution < 1.29 is 17.9 Å². The predicted molar refractivity (Wildman–Crippen MR) is 136 cm³/mol. The quantitative estimate of drug-likeness (QED) is 0.423. The van der Waals surface area contributed by atoms with E-state index in [2.05, 4.69) is 5.32 Å². The molecule has 0 radical (unpaired) electrons. The van der Waals surface area contributed by atoms with Crippen molar-refractivity contribution in [3.05, 3.63) is 82.9 Å². The van der Waals surface area contributed by atoms with Crippen molar-refractivity contribution >= 4 is 45.0 Å². The smallest absolute Gasteiger partial charge is 0.264 e. The molecule has 1 atom stereocenters. The molecule has 6 nitrogen and oxygen atoms in total. The summed E-state index contributed by atoms with van der Waals surface area (Å²) in [6.45, 7) is 2.05. The Labute approximate surface area is 209 Å². The highest BCUT2D eigenvalue weighted by Crippen LogP contribution is 2.35. The number of fused-ring (bicyclic) bond motifs is 1. The van der Waals surface area contributed by atoms with Gasteiger partial charge in [-0.3, -0.25) is 9.10 Å². The first-order valence-corrected chi connectivity index (χ1v) is 13.8. The first-order valence-electron chi connectivity index (χ1n) is 10.8. The molecular formula is C25H25ClN2O4S2. The predicted octanol–water partition coefficient (Wildman–Crippen LogP) is 5.07. The molecule has 0 aliphatic carbocycles. The van der Waals surface area contributed by atoms with Gasteiger partial charge in [-0.15, -0.1) is 11.8 Å². The molecule has 0 saturated carbocycles. The van der Waals surface area contributed by atoms with E-state index in [9.17, 15) is 13.2 Å². The molecule has 0 spiro atoms. The summed E-state index contributed by atoms with van der Waals surface area (Å²) in [5.41, 5.74) is 2.67. The van der Waals surface area contributed by atoms with Crippen LogP contribution in [0.1, 0.15) is 24.1 Å². The topological polar surface area (TPSA) is 75.7 Å². The molecule has 1 amide bonds. The molecule has 0 saturated heterocycles. The second-order valence-corrected chi connectivity index (χ2v) is 11.0. The third-order valence-corrected chi connectivity index (χ3v) is 8.54. The molecule has 1 aliphatic heterocycles. The van der Waals surface area contributed by atoms with Gasteiger partial charge < -0.3 is 10.1 Å². The highest BCUT2D eigenvalue weighted by molar-refractivity contribution is 7.98. The number of ether oxygens (including phenoxy) is 1. The van der Waals surface area contributed by atoms with Crippen LogP contribution in [-0.4, -0.2) is 33.7 Å². The zero-order valence-electron chi connectivity index (χ0n) is 18.8. The van der Waals surface area contributed by atoms with Gasteiger partial charge in [0.05, 0.1) is 21.6 Å². The molecule has 0 fully saturated rings. The lowest BCUT2D eigenvalue weighted by molar-refractivity contribution is -0.123. The average Bonchev–Trinajstić information content (AvgIpc) is 3.28. The third kappa shape index (κ3) is 5.19. The van der Waals surface area contributed by atoms with E-state index in [1.54, 1.807) is 17.8 Å². The van der Waals surface area contributed by atoms with Crippen LogP contribution in [0.2, 0.25) is 5.02 Å². The Balaban J connectivity index is 1.39. The molecule has 4 rings (SSSR count). The van der Waals surface area contributed by atoms with Crippen molar-refractivity contribution in [2.24, 2.45) is 0 Å². The van der Waals surface area contributed by atoms with E-state index >= 15 is 0 Å². The molecule has 1 heterocycles. The molecule has 3 aromatic rings. The number of carbonyl (C=O) groups excluding carboxylic acids is 1. The molecule has 1 aliphatic rings. The number of anilines is 1. The molecule has 3 aromatic carbocycles. The molecule has 178 valence electrons. The lowest BCUT2D eigenvalue weighted by atomic mass is 10.1. The number of nitrogens with one attached hydrogen (secondary N) is 1. The van der Waals surface area contributed by atoms with Gasteiger partial charge >= 0.3 is 0 Å². The van der Waals surface area contributed by atoms with Crippen molar-refractivity contribution in [2.75, 3.05) is 23.7 Å². The lowest BCUT2D eigenvalue weighted by Gasteiger charge is -2.20. The molecule has 0 bridgehead atoms. The van der Waals surface area contributed by atoms with Gasteiger partial charge in [-0.1, -0.05) is 41.9 Å². The van der Waals surface area contributed by atoms with E-state index < -0.39 is 10.0 Å². The summed E-state index contributed by atoms with van der Waals surface area (Å²) in [5.74, 6) is -0.0579. The van der Waals surface area contributed by atoms with Gasteiger partial charge in [0.15, 0.2) is 6.61 Å². The summed E-state index contributed by atoms with van der Waals surface area (Å²) in [6, 6.07) is 19.5. The maximum Gasteiger partial charge on any atom is 0.264 e. The summed E-state index contributed by atoms with van der Waals surface area (Å²) < 4.78 is 33.3. The minimum Gasteiger partial charge on any atom is -0.482 e. The summed E-state index contributed by atoms with van der Waals surface area (Å²) in [5, 5.41) is 3.02. The second-order valence-electron chi connectivity index (χ2n) is 7.90. The maximum absolute atomic E-state index is 13.2. The number of hydrogen-bond acceptors (Lipinski definition) is 5. The van der Waals surface area contributed by atoms with Gasteiger partial charge in [-0.25, -0.2) is 8.42 Å². The minimum atomic E-state index is -3.76. The number of thioether (sulfide) groups is 1. The number of halogens is 1. The van der Waals surface area contributed by atoms with Crippen molar-refractivity contribution in [2.45, 2.75) is 29.2 Å². The monoisotopic (exact) mass is 516 g/mol. The fraction of sp³-hybridized carbons (Fsp3) is 0.240. The molecule has 0 unspecified atom stereocenters. The standard InChI is InChI=1S/C25H25ClN2O4S2/c1-17(18-7-9-20(33-2)10-8-18)27-25(29)16-32-24-12-11-21(15-22(24)26)34(30,31)28-14-13-19-5-3-4-6-23(19)28/h3-12,15,17H,13-14,16H2,1-2H3,(H,27,29)/t17-/m0/s1. The Hall–Kier alpha value is -2.68. The Morgan fingerprint density at radius 1 is 1.15 bits per heavy atom. The summed E-state index contributed by atoms with van der Waals surface area (Å²) >= 11 is 7.97. The van der Waals surface area contributed by atoms with Crippen LogP contribution in [0.4, 0.5) is 5.69 Å². The highest BCUT2D eigenvalue weighted by atomic mass is 35.5.